The van der Waals surface area contributed by atoms with Gasteiger partial charge in [-0.05, 0) is 45.3 Å². The molecule has 0 aromatic heterocycles. The molecule has 4 rings (SSSR count). The number of carbonyl (C=O) groups excluding carboxylic acids is 2. The molecule has 0 atom stereocenters. The molecule has 0 saturated carbocycles. The van der Waals surface area contributed by atoms with E-state index in [0.717, 1.165) is 27.1 Å². The van der Waals surface area contributed by atoms with Crippen LogP contribution in [0.1, 0.15) is 11.5 Å². The second-order valence-corrected chi connectivity index (χ2v) is 5.63. The molecule has 108 valence electrons. The highest BCUT2D eigenvalue weighted by Crippen LogP contribution is 2.29. The molecule has 2 nitrogen and oxygen atoms in total. The normalized spacial score (nSPS) is 13.6. The third-order valence-corrected chi connectivity index (χ3v) is 4.34. The molecule has 0 fully saturated rings. The predicted molar refractivity (Wildman–Crippen MR) is 91.3 cm³/mol. The molecule has 3 aromatic carbocycles. The van der Waals surface area contributed by atoms with Gasteiger partial charge in [-0.3, -0.25) is 0 Å². The Hall–Kier alpha value is -3.18. The summed E-state index contributed by atoms with van der Waals surface area (Å²) >= 11 is 0. The van der Waals surface area contributed by atoms with Crippen LogP contribution in [0.5, 0.6) is 0 Å². The highest BCUT2D eigenvalue weighted by Gasteiger charge is 2.15. The van der Waals surface area contributed by atoms with Crippen molar-refractivity contribution in [3.05, 3.63) is 82.8 Å². The second kappa shape index (κ2) is 5.23. The highest BCUT2D eigenvalue weighted by molar-refractivity contribution is 6.00. The van der Waals surface area contributed by atoms with E-state index in [9.17, 15) is 9.59 Å². The van der Waals surface area contributed by atoms with Crippen molar-refractivity contribution in [1.82, 2.24) is 0 Å². The molecular weight excluding hydrogens is 284 g/mol. The predicted octanol–water partition coefficient (Wildman–Crippen LogP) is 2.21. The number of fused-ring (bicyclic) bond motifs is 2. The lowest BCUT2D eigenvalue weighted by molar-refractivity contribution is 0.564. The molecule has 0 unspecified atom stereocenters. The molecule has 0 heterocycles. The maximum Gasteiger partial charge on any atom is 0.134 e. The Bertz CT molecular complexity index is 1160. The van der Waals surface area contributed by atoms with Crippen LogP contribution in [0.4, 0.5) is 0 Å². The molecule has 0 aliphatic heterocycles. The van der Waals surface area contributed by atoms with Gasteiger partial charge in [-0.25, -0.2) is 9.59 Å². The number of allylic oxidation sites excluding steroid dienone is 4. The van der Waals surface area contributed by atoms with E-state index in [2.05, 4.69) is 6.07 Å². The van der Waals surface area contributed by atoms with Gasteiger partial charge in [-0.1, -0.05) is 48.6 Å². The van der Waals surface area contributed by atoms with Crippen LogP contribution in [-0.4, -0.2) is 11.9 Å². The SMILES string of the molecule is O=C=c1cc2cc3ccccc3cc2c(C2C=CC=C2)c1=C=O. The minimum Gasteiger partial charge on any atom is -0.233 e. The summed E-state index contributed by atoms with van der Waals surface area (Å²) < 4.78 is 0. The summed E-state index contributed by atoms with van der Waals surface area (Å²) in [5, 5.41) is 4.69. The van der Waals surface area contributed by atoms with Crippen LogP contribution in [0, 0.1) is 0 Å². The summed E-state index contributed by atoms with van der Waals surface area (Å²) in [7, 11) is 0. The average Bonchev–Trinajstić information content (AvgIpc) is 3.12. The first-order valence-electron chi connectivity index (χ1n) is 7.42. The van der Waals surface area contributed by atoms with E-state index in [1.807, 2.05) is 66.5 Å². The van der Waals surface area contributed by atoms with E-state index < -0.39 is 0 Å². The van der Waals surface area contributed by atoms with E-state index in [1.165, 1.54) is 0 Å². The smallest absolute Gasteiger partial charge is 0.134 e. The zero-order valence-corrected chi connectivity index (χ0v) is 12.2. The Morgan fingerprint density at radius 2 is 1.48 bits per heavy atom. The van der Waals surface area contributed by atoms with Crippen molar-refractivity contribution in [2.24, 2.45) is 0 Å². The standard InChI is InChI=1S/C21H12O2/c22-12-18-10-17-9-15-7-3-4-8-16(15)11-19(17)21(20(18)13-23)14-5-1-2-6-14/h1-11,14H. The summed E-state index contributed by atoms with van der Waals surface area (Å²) in [6, 6.07) is 13.9. The monoisotopic (exact) mass is 296 g/mol. The van der Waals surface area contributed by atoms with E-state index in [-0.39, 0.29) is 11.1 Å². The van der Waals surface area contributed by atoms with Crippen molar-refractivity contribution in [3.8, 4) is 0 Å². The summed E-state index contributed by atoms with van der Waals surface area (Å²) in [4.78, 5) is 22.8. The molecule has 0 bridgehead atoms. The second-order valence-electron chi connectivity index (χ2n) is 5.63. The maximum atomic E-state index is 11.5. The minimum absolute atomic E-state index is 0.0246. The fourth-order valence-electron chi connectivity index (χ4n) is 3.28. The molecule has 0 radical (unpaired) electrons. The number of hydrogen-bond acceptors (Lipinski definition) is 2. The maximum absolute atomic E-state index is 11.5. The molecule has 3 aromatic rings. The van der Waals surface area contributed by atoms with Gasteiger partial charge in [0.1, 0.15) is 11.9 Å². The summed E-state index contributed by atoms with van der Waals surface area (Å²) in [5.74, 6) is 3.82. The summed E-state index contributed by atoms with van der Waals surface area (Å²) in [6.07, 6.45) is 7.92. The molecule has 0 amide bonds. The summed E-state index contributed by atoms with van der Waals surface area (Å²) in [6.45, 7) is 0. The van der Waals surface area contributed by atoms with E-state index in [0.29, 0.717) is 5.22 Å². The van der Waals surface area contributed by atoms with Gasteiger partial charge in [0.25, 0.3) is 0 Å². The quantitative estimate of drug-likeness (QED) is 0.645. The first-order valence-corrected chi connectivity index (χ1v) is 7.42. The third-order valence-electron chi connectivity index (χ3n) is 4.34. The minimum atomic E-state index is -0.0246. The number of hydrogen-bond donors (Lipinski definition) is 0. The largest absolute Gasteiger partial charge is 0.233 e. The van der Waals surface area contributed by atoms with Gasteiger partial charge in [0.05, 0.1) is 10.4 Å². The number of rotatable bonds is 1. The Kier molecular flexibility index (Phi) is 3.06. The molecule has 0 N–H and O–H groups in total. The van der Waals surface area contributed by atoms with Crippen LogP contribution >= 0.6 is 0 Å². The molecule has 0 spiro atoms. The van der Waals surface area contributed by atoms with Crippen LogP contribution in [0.3, 0.4) is 0 Å². The van der Waals surface area contributed by atoms with Crippen LogP contribution < -0.4 is 10.4 Å². The van der Waals surface area contributed by atoms with Crippen molar-refractivity contribution in [2.45, 2.75) is 5.92 Å². The fourth-order valence-corrected chi connectivity index (χ4v) is 3.28. The Balaban J connectivity index is 2.28. The molecule has 2 heteroatoms. The Morgan fingerprint density at radius 1 is 0.783 bits per heavy atom. The van der Waals surface area contributed by atoms with Crippen molar-refractivity contribution < 1.29 is 9.59 Å². The van der Waals surface area contributed by atoms with Crippen LogP contribution in [-0.2, 0) is 9.59 Å². The Labute approximate surface area is 132 Å². The molecule has 1 aliphatic carbocycles. The first kappa shape index (κ1) is 13.5. The average molecular weight is 296 g/mol. The van der Waals surface area contributed by atoms with E-state index >= 15 is 0 Å². The molecule has 23 heavy (non-hydrogen) atoms. The van der Waals surface area contributed by atoms with Gasteiger partial charge in [0.15, 0.2) is 0 Å². The molecular formula is C21H12O2. The topological polar surface area (TPSA) is 34.1 Å². The molecule has 1 aliphatic rings. The van der Waals surface area contributed by atoms with Crippen molar-refractivity contribution in [3.63, 3.8) is 0 Å². The van der Waals surface area contributed by atoms with Gasteiger partial charge in [0.2, 0.25) is 0 Å². The highest BCUT2D eigenvalue weighted by atomic mass is 16.1. The fraction of sp³-hybridized carbons (Fsp3) is 0.0476. The van der Waals surface area contributed by atoms with Gasteiger partial charge < -0.3 is 0 Å². The van der Waals surface area contributed by atoms with Gasteiger partial charge in [-0.2, -0.15) is 0 Å². The van der Waals surface area contributed by atoms with Crippen molar-refractivity contribution in [2.75, 3.05) is 0 Å². The van der Waals surface area contributed by atoms with Crippen LogP contribution in [0.25, 0.3) is 21.5 Å². The van der Waals surface area contributed by atoms with Crippen LogP contribution in [0.15, 0.2) is 66.8 Å². The lowest BCUT2D eigenvalue weighted by Crippen LogP contribution is -2.32. The van der Waals surface area contributed by atoms with E-state index in [4.69, 9.17) is 0 Å². The third kappa shape index (κ3) is 2.06. The van der Waals surface area contributed by atoms with Gasteiger partial charge in [0, 0.05) is 5.92 Å². The Morgan fingerprint density at radius 3 is 2.13 bits per heavy atom. The first-order chi connectivity index (χ1) is 11.3. The zero-order chi connectivity index (χ0) is 15.8. The van der Waals surface area contributed by atoms with Crippen LogP contribution in [0.2, 0.25) is 0 Å². The van der Waals surface area contributed by atoms with Crippen molar-refractivity contribution >= 4 is 33.4 Å². The van der Waals surface area contributed by atoms with Crippen molar-refractivity contribution in [1.29, 1.82) is 0 Å². The van der Waals surface area contributed by atoms with Gasteiger partial charge in [-0.15, -0.1) is 0 Å². The molecule has 0 saturated heterocycles. The van der Waals surface area contributed by atoms with Gasteiger partial charge >= 0.3 is 0 Å². The summed E-state index contributed by atoms with van der Waals surface area (Å²) in [5.41, 5.74) is 0.826. The lowest BCUT2D eigenvalue weighted by Gasteiger charge is -2.12. The zero-order valence-electron chi connectivity index (χ0n) is 12.2. The lowest BCUT2D eigenvalue weighted by atomic mass is 9.90. The van der Waals surface area contributed by atoms with E-state index in [1.54, 1.807) is 6.07 Å². The number of benzene rings is 3.